The summed E-state index contributed by atoms with van der Waals surface area (Å²) in [5.74, 6) is 4.30. The Morgan fingerprint density at radius 2 is 1.58 bits per heavy atom. The van der Waals surface area contributed by atoms with E-state index in [-0.39, 0.29) is 29.5 Å². The van der Waals surface area contributed by atoms with E-state index in [1.54, 1.807) is 0 Å². The van der Waals surface area contributed by atoms with Crippen molar-refractivity contribution in [1.29, 1.82) is 0 Å². The van der Waals surface area contributed by atoms with Gasteiger partial charge in [-0.05, 0) is 111 Å². The lowest BCUT2D eigenvalue weighted by atomic mass is 9.50. The maximum atomic E-state index is 12.3. The average Bonchev–Trinajstić information content (AvgIpc) is 3.03. The third-order valence-corrected chi connectivity index (χ3v) is 12.1. The van der Waals surface area contributed by atoms with Crippen LogP contribution in [0.15, 0.2) is 0 Å². The Morgan fingerprint density at radius 3 is 2.39 bits per heavy atom. The van der Waals surface area contributed by atoms with Gasteiger partial charge in [0.2, 0.25) is 0 Å². The molecule has 4 nitrogen and oxygen atoms in total. The van der Waals surface area contributed by atoms with E-state index >= 15 is 0 Å². The van der Waals surface area contributed by atoms with E-state index in [1.807, 2.05) is 0 Å². The van der Waals surface area contributed by atoms with Crippen LogP contribution in [0, 0.1) is 52.8 Å². The summed E-state index contributed by atoms with van der Waals surface area (Å²) >= 11 is 0. The normalized spacial score (nSPS) is 61.5. The van der Waals surface area contributed by atoms with E-state index in [1.165, 1.54) is 32.4 Å². The van der Waals surface area contributed by atoms with E-state index in [2.05, 4.69) is 25.7 Å². The first-order valence-electron chi connectivity index (χ1n) is 13.5. The minimum atomic E-state index is -0.579. The first kappa shape index (κ1) is 21.4. The van der Waals surface area contributed by atoms with Crippen molar-refractivity contribution < 1.29 is 15.3 Å². The summed E-state index contributed by atoms with van der Waals surface area (Å²) in [4.78, 5) is 2.81. The molecule has 0 unspecified atom stereocenters. The summed E-state index contributed by atoms with van der Waals surface area (Å²) < 4.78 is 0. The van der Waals surface area contributed by atoms with Crippen molar-refractivity contribution in [1.82, 2.24) is 4.90 Å². The van der Waals surface area contributed by atoms with Gasteiger partial charge in [-0.2, -0.15) is 0 Å². The number of fused-ring (bicyclic) bond motifs is 8. The number of aliphatic hydroxyl groups excluding tert-OH is 2. The van der Waals surface area contributed by atoms with Crippen LogP contribution in [0.5, 0.6) is 0 Å². The molecular weight excluding hydrogens is 386 g/mol. The molecule has 4 saturated carbocycles. The topological polar surface area (TPSA) is 63.9 Å². The number of hydrogen-bond acceptors (Lipinski definition) is 4. The van der Waals surface area contributed by atoms with Gasteiger partial charge < -0.3 is 15.3 Å². The molecule has 2 aliphatic heterocycles. The van der Waals surface area contributed by atoms with Crippen molar-refractivity contribution in [3.05, 3.63) is 0 Å². The van der Waals surface area contributed by atoms with E-state index in [9.17, 15) is 15.3 Å². The number of piperidine rings is 2. The monoisotopic (exact) mass is 431 g/mol. The van der Waals surface area contributed by atoms with Gasteiger partial charge in [-0.15, -0.1) is 0 Å². The fourth-order valence-corrected chi connectivity index (χ4v) is 10.6. The first-order valence-corrected chi connectivity index (χ1v) is 13.5. The molecule has 0 aromatic rings. The summed E-state index contributed by atoms with van der Waals surface area (Å²) in [6.07, 6.45) is 8.78. The number of aliphatic hydroxyl groups is 3. The van der Waals surface area contributed by atoms with Gasteiger partial charge in [0.15, 0.2) is 0 Å². The van der Waals surface area contributed by atoms with E-state index in [4.69, 9.17) is 0 Å². The molecule has 6 fully saturated rings. The first-order chi connectivity index (χ1) is 14.7. The zero-order valence-electron chi connectivity index (χ0n) is 19.9. The van der Waals surface area contributed by atoms with Crippen molar-refractivity contribution in [2.75, 3.05) is 13.1 Å². The molecule has 0 aromatic heterocycles. The molecule has 31 heavy (non-hydrogen) atoms. The molecule has 2 saturated heterocycles. The molecule has 3 N–H and O–H groups in total. The lowest BCUT2D eigenvalue weighted by Gasteiger charge is -2.59. The molecule has 2 heterocycles. The molecule has 176 valence electrons. The summed E-state index contributed by atoms with van der Waals surface area (Å²) in [6.45, 7) is 9.76. The van der Waals surface area contributed by atoms with Crippen molar-refractivity contribution in [2.24, 2.45) is 52.8 Å². The molecule has 6 aliphatic rings. The molecule has 4 aliphatic carbocycles. The maximum absolute atomic E-state index is 12.3. The summed E-state index contributed by atoms with van der Waals surface area (Å²) in [5, 5.41) is 33.8. The molecule has 4 heteroatoms. The molecule has 0 radical (unpaired) electrons. The lowest BCUT2D eigenvalue weighted by molar-refractivity contribution is -0.176. The molecule has 6 rings (SSSR count). The summed E-state index contributed by atoms with van der Waals surface area (Å²) in [6, 6.07) is 0.760. The van der Waals surface area contributed by atoms with Gasteiger partial charge >= 0.3 is 0 Å². The standard InChI is InChI=1S/C27H45NO3/c1-15-4-5-24-16(2)18-7-9-27(31)20(19(18)14-28(24)13-15)11-21-22(27)12-25(30)23-10-17(29)6-8-26(21,23)3/h15-25,29-31H,4-14H2,1-3H3/t15-,16-,17-,18+,19-,20-,21-,22+,23+,24-,25+,26-,27+/m1/s1. The maximum Gasteiger partial charge on any atom is 0.0711 e. The van der Waals surface area contributed by atoms with Crippen LogP contribution in [-0.2, 0) is 0 Å². The highest BCUT2D eigenvalue weighted by molar-refractivity contribution is 5.17. The summed E-state index contributed by atoms with van der Waals surface area (Å²) in [7, 11) is 0. The average molecular weight is 432 g/mol. The molecule has 0 aromatic carbocycles. The van der Waals surface area contributed by atoms with Gasteiger partial charge in [-0.3, -0.25) is 4.90 Å². The Balaban J connectivity index is 1.32. The zero-order valence-corrected chi connectivity index (χ0v) is 19.9. The molecule has 0 amide bonds. The lowest BCUT2D eigenvalue weighted by Crippen LogP contribution is -2.62. The van der Waals surface area contributed by atoms with Crippen LogP contribution in [0.25, 0.3) is 0 Å². The summed E-state index contributed by atoms with van der Waals surface area (Å²) in [5.41, 5.74) is -0.503. The molecule has 13 atom stereocenters. The van der Waals surface area contributed by atoms with Gasteiger partial charge in [0, 0.05) is 19.1 Å². The Morgan fingerprint density at radius 1 is 0.774 bits per heavy atom. The number of nitrogens with zero attached hydrogens (tertiary/aromatic N) is 1. The smallest absolute Gasteiger partial charge is 0.0711 e. The quantitative estimate of drug-likeness (QED) is 0.547. The second-order valence-corrected chi connectivity index (χ2v) is 13.3. The SMILES string of the molecule is C[C@@H]1CC[C@@H]2[C@H](C)[C@@H]3CC[C@]4(O)[C@H](C[C@@H]5[C@@H]4C[C@H](O)[C@@H]4C[C@H](O)CC[C@]54C)[C@@H]3CN2C1. The Bertz CT molecular complexity index is 713. The second-order valence-electron chi connectivity index (χ2n) is 13.3. The number of rotatable bonds is 0. The van der Waals surface area contributed by atoms with Crippen LogP contribution >= 0.6 is 0 Å². The van der Waals surface area contributed by atoms with Gasteiger partial charge in [-0.1, -0.05) is 20.8 Å². The minimum absolute atomic E-state index is 0.0760. The van der Waals surface area contributed by atoms with E-state index in [0.717, 1.165) is 62.3 Å². The van der Waals surface area contributed by atoms with Crippen molar-refractivity contribution >= 4 is 0 Å². The van der Waals surface area contributed by atoms with Crippen molar-refractivity contribution in [3.8, 4) is 0 Å². The Kier molecular flexibility index (Phi) is 4.94. The van der Waals surface area contributed by atoms with Gasteiger partial charge in [0.05, 0.1) is 17.8 Å². The van der Waals surface area contributed by atoms with Crippen LogP contribution < -0.4 is 0 Å². The fraction of sp³-hybridized carbons (Fsp3) is 1.00. The number of hydrogen-bond donors (Lipinski definition) is 3. The van der Waals surface area contributed by atoms with Crippen LogP contribution in [0.3, 0.4) is 0 Å². The highest BCUT2D eigenvalue weighted by atomic mass is 16.3. The predicted molar refractivity (Wildman–Crippen MR) is 121 cm³/mol. The van der Waals surface area contributed by atoms with Crippen LogP contribution in [0.1, 0.15) is 78.6 Å². The van der Waals surface area contributed by atoms with Crippen LogP contribution in [-0.4, -0.2) is 57.2 Å². The van der Waals surface area contributed by atoms with Crippen molar-refractivity contribution in [3.63, 3.8) is 0 Å². The zero-order chi connectivity index (χ0) is 21.7. The molecule has 0 bridgehead atoms. The van der Waals surface area contributed by atoms with Crippen LogP contribution in [0.4, 0.5) is 0 Å². The van der Waals surface area contributed by atoms with E-state index in [0.29, 0.717) is 17.8 Å². The van der Waals surface area contributed by atoms with Crippen molar-refractivity contribution in [2.45, 2.75) is 102 Å². The Labute approximate surface area is 188 Å². The molecular formula is C27H45NO3. The fourth-order valence-electron chi connectivity index (χ4n) is 10.6. The van der Waals surface area contributed by atoms with Gasteiger partial charge in [0.25, 0.3) is 0 Å². The Hall–Kier alpha value is -0.160. The highest BCUT2D eigenvalue weighted by Crippen LogP contribution is 2.68. The van der Waals surface area contributed by atoms with Gasteiger partial charge in [-0.25, -0.2) is 0 Å². The minimum Gasteiger partial charge on any atom is -0.393 e. The van der Waals surface area contributed by atoms with Crippen LogP contribution in [0.2, 0.25) is 0 Å². The second kappa shape index (κ2) is 7.17. The van der Waals surface area contributed by atoms with E-state index < -0.39 is 5.60 Å². The van der Waals surface area contributed by atoms with Gasteiger partial charge in [0.1, 0.15) is 0 Å². The highest BCUT2D eigenvalue weighted by Gasteiger charge is 2.67. The third kappa shape index (κ3) is 2.93. The molecule has 0 spiro atoms. The largest absolute Gasteiger partial charge is 0.393 e. The predicted octanol–water partition coefficient (Wildman–Crippen LogP) is 3.68. The third-order valence-electron chi connectivity index (χ3n) is 12.1.